The van der Waals surface area contributed by atoms with Crippen LogP contribution in [0.1, 0.15) is 24.8 Å². The Morgan fingerprint density at radius 1 is 1.25 bits per heavy atom. The summed E-state index contributed by atoms with van der Waals surface area (Å²) < 4.78 is 0. The topological polar surface area (TPSA) is 66.4 Å². The smallest absolute Gasteiger partial charge is 0.326 e. The zero-order chi connectivity index (χ0) is 14.1. The van der Waals surface area contributed by atoms with E-state index in [1.165, 1.54) is 12.8 Å². The van der Waals surface area contributed by atoms with Gasteiger partial charge in [0.2, 0.25) is 5.91 Å². The number of carbonyl (C=O) groups excluding carboxylic acids is 1. The highest BCUT2D eigenvalue weighted by Crippen LogP contribution is 2.54. The van der Waals surface area contributed by atoms with Crippen molar-refractivity contribution >= 4 is 11.9 Å². The van der Waals surface area contributed by atoms with Gasteiger partial charge in [0.05, 0.1) is 0 Å². The zero-order valence-corrected chi connectivity index (χ0v) is 11.3. The van der Waals surface area contributed by atoms with Gasteiger partial charge in [-0.2, -0.15) is 0 Å². The molecule has 3 rings (SSSR count). The van der Waals surface area contributed by atoms with Gasteiger partial charge < -0.3 is 10.4 Å². The van der Waals surface area contributed by atoms with Gasteiger partial charge in [0.1, 0.15) is 6.04 Å². The molecule has 3 unspecified atom stereocenters. The Morgan fingerprint density at radius 3 is 2.55 bits per heavy atom. The van der Waals surface area contributed by atoms with Crippen molar-refractivity contribution in [2.45, 2.75) is 31.7 Å². The highest BCUT2D eigenvalue weighted by molar-refractivity contribution is 5.87. The molecule has 2 fully saturated rings. The fraction of sp³-hybridized carbons (Fsp3) is 0.500. The fourth-order valence-electron chi connectivity index (χ4n) is 2.89. The van der Waals surface area contributed by atoms with Gasteiger partial charge in [-0.3, -0.25) is 4.79 Å². The molecule has 0 radical (unpaired) electrons. The van der Waals surface area contributed by atoms with Crippen molar-refractivity contribution in [3.8, 4) is 0 Å². The summed E-state index contributed by atoms with van der Waals surface area (Å²) in [7, 11) is 0. The van der Waals surface area contributed by atoms with Crippen LogP contribution in [0.25, 0.3) is 0 Å². The summed E-state index contributed by atoms with van der Waals surface area (Å²) in [4.78, 5) is 23.4. The third kappa shape index (κ3) is 3.00. The molecule has 0 aliphatic heterocycles. The molecule has 4 nitrogen and oxygen atoms in total. The molecule has 3 atom stereocenters. The minimum atomic E-state index is -0.967. The van der Waals surface area contributed by atoms with Crippen molar-refractivity contribution in [1.29, 1.82) is 0 Å². The third-order valence-electron chi connectivity index (χ3n) is 4.30. The molecule has 2 aliphatic rings. The second-order valence-electron chi connectivity index (χ2n) is 5.93. The Bertz CT molecular complexity index is 510. The van der Waals surface area contributed by atoms with E-state index in [1.54, 1.807) is 0 Å². The summed E-state index contributed by atoms with van der Waals surface area (Å²) in [5.74, 6) is 0.250. The number of carboxylic acid groups (broad SMARTS) is 1. The predicted octanol–water partition coefficient (Wildman–Crippen LogP) is 1.84. The summed E-state index contributed by atoms with van der Waals surface area (Å²) in [6.07, 6.45) is 3.75. The lowest BCUT2D eigenvalue weighted by Crippen LogP contribution is -2.43. The molecule has 106 valence electrons. The van der Waals surface area contributed by atoms with Gasteiger partial charge in [-0.15, -0.1) is 0 Å². The molecule has 1 aromatic rings. The van der Waals surface area contributed by atoms with Crippen molar-refractivity contribution < 1.29 is 14.7 Å². The van der Waals surface area contributed by atoms with Crippen LogP contribution in [0.15, 0.2) is 30.3 Å². The average Bonchev–Trinajstić information content (AvgIpc) is 3.28. The summed E-state index contributed by atoms with van der Waals surface area (Å²) >= 11 is 0. The maximum atomic E-state index is 12.1. The van der Waals surface area contributed by atoms with Crippen LogP contribution in [0.5, 0.6) is 0 Å². The van der Waals surface area contributed by atoms with E-state index in [0.717, 1.165) is 17.9 Å². The summed E-state index contributed by atoms with van der Waals surface area (Å²) in [5.41, 5.74) is 0.926. The number of hydrogen-bond donors (Lipinski definition) is 2. The SMILES string of the molecule is O=C(O)C(Cc1ccccc1)NC(=O)C1CC1C1CC1. The number of nitrogens with one attached hydrogen (secondary N) is 1. The number of amides is 1. The number of rotatable bonds is 6. The second-order valence-corrected chi connectivity index (χ2v) is 5.93. The quantitative estimate of drug-likeness (QED) is 0.831. The van der Waals surface area contributed by atoms with E-state index in [0.29, 0.717) is 12.3 Å². The minimum absolute atomic E-state index is 0.0557. The van der Waals surface area contributed by atoms with Crippen LogP contribution >= 0.6 is 0 Å². The van der Waals surface area contributed by atoms with Crippen molar-refractivity contribution in [1.82, 2.24) is 5.32 Å². The minimum Gasteiger partial charge on any atom is -0.480 e. The lowest BCUT2D eigenvalue weighted by Gasteiger charge is -2.14. The first-order valence-corrected chi connectivity index (χ1v) is 7.22. The fourth-order valence-corrected chi connectivity index (χ4v) is 2.89. The Morgan fingerprint density at radius 2 is 1.95 bits per heavy atom. The van der Waals surface area contributed by atoms with E-state index < -0.39 is 12.0 Å². The first kappa shape index (κ1) is 13.2. The number of carbonyl (C=O) groups is 2. The monoisotopic (exact) mass is 273 g/mol. The average molecular weight is 273 g/mol. The molecule has 1 amide bonds. The summed E-state index contributed by atoms with van der Waals surface area (Å²) in [5, 5.41) is 12.0. The first-order valence-electron chi connectivity index (χ1n) is 7.22. The van der Waals surface area contributed by atoms with Crippen LogP contribution < -0.4 is 5.32 Å². The van der Waals surface area contributed by atoms with Crippen molar-refractivity contribution in [2.75, 3.05) is 0 Å². The third-order valence-corrected chi connectivity index (χ3v) is 4.30. The molecule has 1 aromatic carbocycles. The van der Waals surface area contributed by atoms with Gasteiger partial charge in [0, 0.05) is 12.3 Å². The largest absolute Gasteiger partial charge is 0.480 e. The Kier molecular flexibility index (Phi) is 3.47. The van der Waals surface area contributed by atoms with Gasteiger partial charge in [0.25, 0.3) is 0 Å². The molecule has 0 bridgehead atoms. The molecular weight excluding hydrogens is 254 g/mol. The van der Waals surface area contributed by atoms with E-state index in [1.807, 2.05) is 30.3 Å². The van der Waals surface area contributed by atoms with Gasteiger partial charge in [-0.1, -0.05) is 30.3 Å². The molecular formula is C16H19NO3. The molecule has 20 heavy (non-hydrogen) atoms. The van der Waals surface area contributed by atoms with Crippen LogP contribution in [-0.2, 0) is 16.0 Å². The highest BCUT2D eigenvalue weighted by Gasteiger charge is 2.51. The molecule has 2 aliphatic carbocycles. The van der Waals surface area contributed by atoms with E-state index >= 15 is 0 Å². The molecule has 0 saturated heterocycles. The van der Waals surface area contributed by atoms with Crippen LogP contribution in [0.2, 0.25) is 0 Å². The molecule has 0 spiro atoms. The predicted molar refractivity (Wildman–Crippen MR) is 74.0 cm³/mol. The Labute approximate surface area is 118 Å². The zero-order valence-electron chi connectivity index (χ0n) is 11.3. The van der Waals surface area contributed by atoms with E-state index in [9.17, 15) is 14.7 Å². The van der Waals surface area contributed by atoms with Gasteiger partial charge in [-0.25, -0.2) is 4.79 Å². The van der Waals surface area contributed by atoms with Gasteiger partial charge in [-0.05, 0) is 36.7 Å². The standard InChI is InChI=1S/C16H19NO3/c18-15(13-9-12(13)11-6-7-11)17-14(16(19)20)8-10-4-2-1-3-5-10/h1-5,11-14H,6-9H2,(H,17,18)(H,19,20). The van der Waals surface area contributed by atoms with Crippen LogP contribution in [0.4, 0.5) is 0 Å². The van der Waals surface area contributed by atoms with Crippen LogP contribution in [0.3, 0.4) is 0 Å². The highest BCUT2D eigenvalue weighted by atomic mass is 16.4. The maximum absolute atomic E-state index is 12.1. The van der Waals surface area contributed by atoms with Gasteiger partial charge >= 0.3 is 5.97 Å². The number of hydrogen-bond acceptors (Lipinski definition) is 2. The summed E-state index contributed by atoms with van der Waals surface area (Å²) in [6.45, 7) is 0. The normalized spacial score (nSPS) is 25.8. The van der Waals surface area contributed by atoms with E-state index in [4.69, 9.17) is 0 Å². The molecule has 4 heteroatoms. The molecule has 2 saturated carbocycles. The van der Waals surface area contributed by atoms with Crippen LogP contribution in [0, 0.1) is 17.8 Å². The maximum Gasteiger partial charge on any atom is 0.326 e. The lowest BCUT2D eigenvalue weighted by atomic mass is 10.1. The van der Waals surface area contributed by atoms with Crippen molar-refractivity contribution in [2.24, 2.45) is 17.8 Å². The molecule has 2 N–H and O–H groups in total. The molecule has 0 heterocycles. The number of aliphatic carboxylic acids is 1. The Hall–Kier alpha value is -1.84. The lowest BCUT2D eigenvalue weighted by molar-refractivity contribution is -0.142. The van der Waals surface area contributed by atoms with Crippen molar-refractivity contribution in [3.05, 3.63) is 35.9 Å². The van der Waals surface area contributed by atoms with Gasteiger partial charge in [0.15, 0.2) is 0 Å². The first-order chi connectivity index (χ1) is 9.65. The van der Waals surface area contributed by atoms with Crippen LogP contribution in [-0.4, -0.2) is 23.0 Å². The van der Waals surface area contributed by atoms with E-state index in [-0.39, 0.29) is 11.8 Å². The van der Waals surface area contributed by atoms with E-state index in [2.05, 4.69) is 5.32 Å². The second kappa shape index (κ2) is 5.27. The number of benzene rings is 1. The Balaban J connectivity index is 1.57. The summed E-state index contributed by atoms with van der Waals surface area (Å²) in [6, 6.07) is 8.58. The number of carboxylic acids is 1. The molecule has 0 aromatic heterocycles. The van der Waals surface area contributed by atoms with Crippen molar-refractivity contribution in [3.63, 3.8) is 0 Å².